The van der Waals surface area contributed by atoms with Crippen LogP contribution in [0.25, 0.3) is 0 Å². The highest BCUT2D eigenvalue weighted by molar-refractivity contribution is 6.05. The maximum absolute atomic E-state index is 12.8. The van der Waals surface area contributed by atoms with Crippen LogP contribution in [0.3, 0.4) is 0 Å². The molecule has 146 valence electrons. The predicted octanol–water partition coefficient (Wildman–Crippen LogP) is 2.93. The van der Waals surface area contributed by atoms with E-state index < -0.39 is 24.5 Å². The van der Waals surface area contributed by atoms with Gasteiger partial charge in [-0.2, -0.15) is 0 Å². The number of amides is 2. The number of carbonyl (C=O) groups excluding carboxylic acids is 3. The van der Waals surface area contributed by atoms with Crippen LogP contribution >= 0.6 is 0 Å². The Morgan fingerprint density at radius 3 is 2.68 bits per heavy atom. The molecule has 7 heteroatoms. The average Bonchev–Trinajstić information content (AvgIpc) is 2.78. The second-order valence-corrected chi connectivity index (χ2v) is 6.86. The molecule has 3 rings (SSSR count). The minimum atomic E-state index is -0.779. The summed E-state index contributed by atoms with van der Waals surface area (Å²) in [5, 5.41) is 12.9. The number of nitrogens with zero attached hydrogens (tertiary/aromatic N) is 1. The second kappa shape index (κ2) is 7.72. The van der Waals surface area contributed by atoms with E-state index in [0.29, 0.717) is 16.9 Å². The summed E-state index contributed by atoms with van der Waals surface area (Å²) in [5.41, 5.74) is 2.52. The van der Waals surface area contributed by atoms with Crippen LogP contribution in [0.2, 0.25) is 0 Å². The van der Waals surface area contributed by atoms with Gasteiger partial charge in [-0.3, -0.25) is 9.59 Å². The third-order valence-corrected chi connectivity index (χ3v) is 4.88. The highest BCUT2D eigenvalue weighted by atomic mass is 16.5. The largest absolute Gasteiger partial charge is 0.507 e. The van der Waals surface area contributed by atoms with E-state index in [9.17, 15) is 19.5 Å². The molecule has 0 spiro atoms. The zero-order valence-corrected chi connectivity index (χ0v) is 16.0. The van der Waals surface area contributed by atoms with E-state index in [1.54, 1.807) is 44.2 Å². The fourth-order valence-corrected chi connectivity index (χ4v) is 3.21. The van der Waals surface area contributed by atoms with Gasteiger partial charge in [0.2, 0.25) is 5.91 Å². The first-order valence-corrected chi connectivity index (χ1v) is 8.96. The van der Waals surface area contributed by atoms with Gasteiger partial charge < -0.3 is 20.1 Å². The molecule has 2 aromatic rings. The molecule has 0 bridgehead atoms. The van der Waals surface area contributed by atoms with Gasteiger partial charge in [0.15, 0.2) is 6.61 Å². The summed E-state index contributed by atoms with van der Waals surface area (Å²) in [5.74, 6) is -1.57. The van der Waals surface area contributed by atoms with Gasteiger partial charge in [0, 0.05) is 12.5 Å². The summed E-state index contributed by atoms with van der Waals surface area (Å²) >= 11 is 0. The van der Waals surface area contributed by atoms with Crippen molar-refractivity contribution in [3.05, 3.63) is 53.1 Å². The molecule has 2 aromatic carbocycles. The summed E-state index contributed by atoms with van der Waals surface area (Å²) in [6, 6.07) is 9.75. The van der Waals surface area contributed by atoms with Crippen molar-refractivity contribution in [2.45, 2.75) is 33.2 Å². The van der Waals surface area contributed by atoms with E-state index in [2.05, 4.69) is 5.32 Å². The molecule has 2 N–H and O–H groups in total. The third kappa shape index (κ3) is 3.69. The zero-order chi connectivity index (χ0) is 20.4. The van der Waals surface area contributed by atoms with E-state index in [4.69, 9.17) is 4.74 Å². The number of aryl methyl sites for hydroxylation is 1. The molecule has 7 nitrogen and oxygen atoms in total. The molecule has 1 heterocycles. The van der Waals surface area contributed by atoms with Gasteiger partial charge in [-0.25, -0.2) is 4.79 Å². The van der Waals surface area contributed by atoms with E-state index in [1.165, 1.54) is 11.0 Å². The van der Waals surface area contributed by atoms with E-state index >= 15 is 0 Å². The van der Waals surface area contributed by atoms with Crippen molar-refractivity contribution >= 4 is 29.2 Å². The standard InChI is InChI=1S/C21H22N2O5/c1-12-8-9-15(20(26)14(12)3)21(27)28-11-19(25)23-13(2)10-18(24)22-16-6-4-5-7-17(16)23/h4-9,13,26H,10-11H2,1-3H3,(H,22,24). The van der Waals surface area contributed by atoms with Gasteiger partial charge in [-0.15, -0.1) is 0 Å². The Labute approximate surface area is 162 Å². The van der Waals surface area contributed by atoms with Gasteiger partial charge in [0.1, 0.15) is 11.3 Å². The highest BCUT2D eigenvalue weighted by Crippen LogP contribution is 2.31. The zero-order valence-electron chi connectivity index (χ0n) is 16.0. The van der Waals surface area contributed by atoms with E-state index in [0.717, 1.165) is 5.56 Å². The summed E-state index contributed by atoms with van der Waals surface area (Å²) in [6.07, 6.45) is 0.131. The van der Waals surface area contributed by atoms with Crippen LogP contribution in [0.5, 0.6) is 5.75 Å². The number of para-hydroxylation sites is 2. The lowest BCUT2D eigenvalue weighted by Gasteiger charge is -2.27. The van der Waals surface area contributed by atoms with Crippen LogP contribution in [0.15, 0.2) is 36.4 Å². The van der Waals surface area contributed by atoms with Crippen molar-refractivity contribution in [1.29, 1.82) is 0 Å². The molecule has 1 aliphatic rings. The van der Waals surface area contributed by atoms with Crippen molar-refractivity contribution in [3.63, 3.8) is 0 Å². The topological polar surface area (TPSA) is 95.9 Å². The Morgan fingerprint density at radius 2 is 1.93 bits per heavy atom. The molecule has 0 fully saturated rings. The van der Waals surface area contributed by atoms with Crippen molar-refractivity contribution in [2.24, 2.45) is 0 Å². The number of anilines is 2. The summed E-state index contributed by atoms with van der Waals surface area (Å²) in [7, 11) is 0. The molecule has 28 heavy (non-hydrogen) atoms. The molecule has 1 unspecified atom stereocenters. The maximum Gasteiger partial charge on any atom is 0.342 e. The number of aromatic hydroxyl groups is 1. The number of hydrogen-bond donors (Lipinski definition) is 2. The summed E-state index contributed by atoms with van der Waals surface area (Å²) in [6.45, 7) is 4.78. The fourth-order valence-electron chi connectivity index (χ4n) is 3.21. The van der Waals surface area contributed by atoms with Crippen LogP contribution in [0.4, 0.5) is 11.4 Å². The number of nitrogens with one attached hydrogen (secondary N) is 1. The number of carbonyl (C=O) groups is 3. The Bertz CT molecular complexity index is 954. The van der Waals surface area contributed by atoms with E-state index in [-0.39, 0.29) is 23.6 Å². The second-order valence-electron chi connectivity index (χ2n) is 6.86. The number of esters is 1. The van der Waals surface area contributed by atoms with Crippen LogP contribution in [-0.2, 0) is 14.3 Å². The minimum Gasteiger partial charge on any atom is -0.507 e. The number of hydrogen-bond acceptors (Lipinski definition) is 5. The molecule has 2 amide bonds. The van der Waals surface area contributed by atoms with Gasteiger partial charge in [0.05, 0.1) is 11.4 Å². The van der Waals surface area contributed by atoms with Crippen LogP contribution in [-0.4, -0.2) is 35.5 Å². The molecule has 1 atom stereocenters. The number of phenols is 1. The molecule has 1 aliphatic heterocycles. The predicted molar refractivity (Wildman–Crippen MR) is 105 cm³/mol. The Hall–Kier alpha value is -3.35. The maximum atomic E-state index is 12.8. The number of benzene rings is 2. The Balaban J connectivity index is 1.78. The van der Waals surface area contributed by atoms with Crippen molar-refractivity contribution in [1.82, 2.24) is 0 Å². The summed E-state index contributed by atoms with van der Waals surface area (Å²) < 4.78 is 5.15. The smallest absolute Gasteiger partial charge is 0.342 e. The monoisotopic (exact) mass is 382 g/mol. The van der Waals surface area contributed by atoms with Gasteiger partial charge in [-0.05, 0) is 50.1 Å². The number of ether oxygens (including phenoxy) is 1. The van der Waals surface area contributed by atoms with Crippen LogP contribution in [0, 0.1) is 13.8 Å². The molecule has 0 saturated heterocycles. The molecule has 0 radical (unpaired) electrons. The molecule has 0 saturated carbocycles. The quantitative estimate of drug-likeness (QED) is 0.796. The number of phenolic OH excluding ortho intramolecular Hbond substituents is 1. The third-order valence-electron chi connectivity index (χ3n) is 4.88. The van der Waals surface area contributed by atoms with Crippen molar-refractivity contribution in [3.8, 4) is 5.75 Å². The first kappa shape index (κ1) is 19.4. The Morgan fingerprint density at radius 1 is 1.21 bits per heavy atom. The van der Waals surface area contributed by atoms with Gasteiger partial charge in [0.25, 0.3) is 5.91 Å². The van der Waals surface area contributed by atoms with Crippen LogP contribution < -0.4 is 10.2 Å². The lowest BCUT2D eigenvalue weighted by atomic mass is 10.0. The van der Waals surface area contributed by atoms with Crippen molar-refractivity contribution < 1.29 is 24.2 Å². The number of rotatable bonds is 3. The molecular formula is C21H22N2O5. The van der Waals surface area contributed by atoms with Gasteiger partial charge in [-0.1, -0.05) is 18.2 Å². The normalized spacial score (nSPS) is 16.0. The first-order valence-electron chi connectivity index (χ1n) is 8.96. The highest BCUT2D eigenvalue weighted by Gasteiger charge is 2.30. The molecule has 0 aromatic heterocycles. The average molecular weight is 382 g/mol. The SMILES string of the molecule is Cc1ccc(C(=O)OCC(=O)N2c3ccccc3NC(=O)CC2C)c(O)c1C. The van der Waals surface area contributed by atoms with Crippen molar-refractivity contribution in [2.75, 3.05) is 16.8 Å². The number of fused-ring (bicyclic) bond motifs is 1. The van der Waals surface area contributed by atoms with E-state index in [1.807, 2.05) is 6.92 Å². The minimum absolute atomic E-state index is 0.0112. The fraction of sp³-hybridized carbons (Fsp3) is 0.286. The molecular weight excluding hydrogens is 360 g/mol. The van der Waals surface area contributed by atoms with Gasteiger partial charge >= 0.3 is 5.97 Å². The van der Waals surface area contributed by atoms with Crippen LogP contribution in [0.1, 0.15) is 34.8 Å². The lowest BCUT2D eigenvalue weighted by molar-refractivity contribution is -0.122. The lowest BCUT2D eigenvalue weighted by Crippen LogP contribution is -2.41. The summed E-state index contributed by atoms with van der Waals surface area (Å²) in [4.78, 5) is 38.6. The first-order chi connectivity index (χ1) is 13.3. The molecule has 0 aliphatic carbocycles. The Kier molecular flexibility index (Phi) is 5.35.